The van der Waals surface area contributed by atoms with Gasteiger partial charge >= 0.3 is 5.97 Å². The Morgan fingerprint density at radius 3 is 2.71 bits per heavy atom. The standard InChI is InChI=1S/C17H15NO3/c1-10-16-8-11(3-4-12(16)9-18-10)13-5-14(17(19)20)7-15(6-13)21-2/h3-8H,9H2,1-2H3,(H,19,20). The van der Waals surface area contributed by atoms with Gasteiger partial charge in [-0.05, 0) is 47.9 Å². The van der Waals surface area contributed by atoms with Crippen LogP contribution in [-0.2, 0) is 6.54 Å². The predicted molar refractivity (Wildman–Crippen MR) is 81.3 cm³/mol. The number of benzene rings is 2. The number of aromatic carboxylic acids is 1. The quantitative estimate of drug-likeness (QED) is 0.938. The fraction of sp³-hybridized carbons (Fsp3) is 0.176. The van der Waals surface area contributed by atoms with E-state index in [0.29, 0.717) is 5.75 Å². The summed E-state index contributed by atoms with van der Waals surface area (Å²) in [6, 6.07) is 11.1. The molecular weight excluding hydrogens is 266 g/mol. The number of carboxylic acids is 1. The molecule has 2 aromatic rings. The third-order valence-electron chi connectivity index (χ3n) is 3.71. The van der Waals surface area contributed by atoms with Crippen LogP contribution in [0.5, 0.6) is 5.75 Å². The molecule has 3 rings (SSSR count). The molecule has 2 aromatic carbocycles. The highest BCUT2D eigenvalue weighted by molar-refractivity contribution is 6.03. The fourth-order valence-electron chi connectivity index (χ4n) is 2.53. The van der Waals surface area contributed by atoms with Gasteiger partial charge < -0.3 is 9.84 Å². The number of carboxylic acid groups (broad SMARTS) is 1. The van der Waals surface area contributed by atoms with Crippen LogP contribution in [0.2, 0.25) is 0 Å². The zero-order valence-corrected chi connectivity index (χ0v) is 11.9. The Morgan fingerprint density at radius 1 is 1.19 bits per heavy atom. The second kappa shape index (κ2) is 5.05. The van der Waals surface area contributed by atoms with E-state index in [2.05, 4.69) is 11.1 Å². The van der Waals surface area contributed by atoms with Gasteiger partial charge in [-0.2, -0.15) is 0 Å². The van der Waals surface area contributed by atoms with Gasteiger partial charge in [0.1, 0.15) is 5.75 Å². The summed E-state index contributed by atoms with van der Waals surface area (Å²) in [7, 11) is 1.53. The number of ether oxygens (including phenoxy) is 1. The van der Waals surface area contributed by atoms with Crippen LogP contribution >= 0.6 is 0 Å². The lowest BCUT2D eigenvalue weighted by Gasteiger charge is -2.09. The Kier molecular flexibility index (Phi) is 3.22. The van der Waals surface area contributed by atoms with Crippen molar-refractivity contribution in [2.75, 3.05) is 7.11 Å². The van der Waals surface area contributed by atoms with Gasteiger partial charge in [0.2, 0.25) is 0 Å². The molecule has 0 radical (unpaired) electrons. The van der Waals surface area contributed by atoms with Gasteiger partial charge in [-0.15, -0.1) is 0 Å². The van der Waals surface area contributed by atoms with Crippen molar-refractivity contribution in [3.8, 4) is 16.9 Å². The Hall–Kier alpha value is -2.62. The fourth-order valence-corrected chi connectivity index (χ4v) is 2.53. The second-order valence-corrected chi connectivity index (χ2v) is 5.03. The van der Waals surface area contributed by atoms with Crippen LogP contribution in [0.15, 0.2) is 41.4 Å². The Labute approximate surface area is 122 Å². The van der Waals surface area contributed by atoms with Crippen LogP contribution in [0.3, 0.4) is 0 Å². The molecule has 1 N–H and O–H groups in total. The van der Waals surface area contributed by atoms with Gasteiger partial charge in [-0.3, -0.25) is 4.99 Å². The average Bonchev–Trinajstić information content (AvgIpc) is 2.87. The van der Waals surface area contributed by atoms with E-state index in [-0.39, 0.29) is 5.56 Å². The molecule has 0 aromatic heterocycles. The molecule has 106 valence electrons. The monoisotopic (exact) mass is 281 g/mol. The lowest BCUT2D eigenvalue weighted by atomic mass is 9.97. The highest BCUT2D eigenvalue weighted by atomic mass is 16.5. The Morgan fingerprint density at radius 2 is 2.00 bits per heavy atom. The Bertz CT molecular complexity index is 763. The van der Waals surface area contributed by atoms with Gasteiger partial charge in [-0.25, -0.2) is 4.79 Å². The molecule has 0 saturated carbocycles. The maximum absolute atomic E-state index is 11.2. The van der Waals surface area contributed by atoms with E-state index in [1.54, 1.807) is 6.07 Å². The number of hydrogen-bond donors (Lipinski definition) is 1. The molecule has 0 saturated heterocycles. The maximum atomic E-state index is 11.2. The zero-order valence-electron chi connectivity index (χ0n) is 11.9. The summed E-state index contributed by atoms with van der Waals surface area (Å²) in [5, 5.41) is 9.20. The first-order valence-electron chi connectivity index (χ1n) is 6.65. The van der Waals surface area contributed by atoms with Crippen LogP contribution < -0.4 is 4.74 Å². The summed E-state index contributed by atoms with van der Waals surface area (Å²) in [6.45, 7) is 2.71. The van der Waals surface area contributed by atoms with Crippen molar-refractivity contribution in [3.63, 3.8) is 0 Å². The number of methoxy groups -OCH3 is 1. The van der Waals surface area contributed by atoms with E-state index in [4.69, 9.17) is 4.74 Å². The van der Waals surface area contributed by atoms with E-state index >= 15 is 0 Å². The number of hydrogen-bond acceptors (Lipinski definition) is 3. The molecule has 1 heterocycles. The summed E-state index contributed by atoms with van der Waals surface area (Å²) in [6.07, 6.45) is 0. The maximum Gasteiger partial charge on any atom is 0.335 e. The topological polar surface area (TPSA) is 58.9 Å². The molecule has 4 heteroatoms. The highest BCUT2D eigenvalue weighted by Gasteiger charge is 2.14. The molecule has 0 bridgehead atoms. The molecule has 1 aliphatic heterocycles. The summed E-state index contributed by atoms with van der Waals surface area (Å²) >= 11 is 0. The van der Waals surface area contributed by atoms with Crippen molar-refractivity contribution >= 4 is 11.7 Å². The first kappa shape index (κ1) is 13.4. The predicted octanol–water partition coefficient (Wildman–Crippen LogP) is 3.38. The molecule has 0 unspecified atom stereocenters. The van der Waals surface area contributed by atoms with E-state index in [9.17, 15) is 9.90 Å². The molecular formula is C17H15NO3. The summed E-state index contributed by atoms with van der Waals surface area (Å²) in [4.78, 5) is 15.6. The van der Waals surface area contributed by atoms with Crippen LogP contribution in [0.4, 0.5) is 0 Å². The molecule has 0 amide bonds. The van der Waals surface area contributed by atoms with Crippen molar-refractivity contribution in [1.82, 2.24) is 0 Å². The van der Waals surface area contributed by atoms with Gasteiger partial charge in [0.25, 0.3) is 0 Å². The number of carbonyl (C=O) groups is 1. The van der Waals surface area contributed by atoms with Crippen LogP contribution in [0, 0.1) is 0 Å². The first-order chi connectivity index (χ1) is 10.1. The molecule has 21 heavy (non-hydrogen) atoms. The smallest absolute Gasteiger partial charge is 0.335 e. The normalized spacial score (nSPS) is 12.8. The SMILES string of the molecule is COc1cc(C(=O)O)cc(-c2ccc3c(c2)C(C)=NC3)c1. The van der Waals surface area contributed by atoms with Crippen molar-refractivity contribution in [2.24, 2.45) is 4.99 Å². The van der Waals surface area contributed by atoms with E-state index in [1.165, 1.54) is 18.7 Å². The molecule has 4 nitrogen and oxygen atoms in total. The largest absolute Gasteiger partial charge is 0.497 e. The number of rotatable bonds is 3. The van der Waals surface area contributed by atoms with Crippen molar-refractivity contribution in [2.45, 2.75) is 13.5 Å². The van der Waals surface area contributed by atoms with Gasteiger partial charge in [0, 0.05) is 11.3 Å². The Balaban J connectivity index is 2.12. The summed E-state index contributed by atoms with van der Waals surface area (Å²) in [5.41, 5.74) is 5.37. The van der Waals surface area contributed by atoms with E-state index < -0.39 is 5.97 Å². The molecule has 0 atom stereocenters. The van der Waals surface area contributed by atoms with Crippen LogP contribution in [-0.4, -0.2) is 23.9 Å². The van der Waals surface area contributed by atoms with Crippen molar-refractivity contribution in [1.29, 1.82) is 0 Å². The summed E-state index contributed by atoms with van der Waals surface area (Å²) in [5.74, 6) is -0.426. The molecule has 0 fully saturated rings. The molecule has 0 spiro atoms. The third-order valence-corrected chi connectivity index (χ3v) is 3.71. The lowest BCUT2D eigenvalue weighted by molar-refractivity contribution is 0.0696. The number of nitrogens with zero attached hydrogens (tertiary/aromatic N) is 1. The van der Waals surface area contributed by atoms with Crippen molar-refractivity contribution < 1.29 is 14.6 Å². The third kappa shape index (κ3) is 2.40. The van der Waals surface area contributed by atoms with Gasteiger partial charge in [0.05, 0.1) is 19.2 Å². The minimum Gasteiger partial charge on any atom is -0.497 e. The van der Waals surface area contributed by atoms with E-state index in [1.807, 2.05) is 25.1 Å². The van der Waals surface area contributed by atoms with Gasteiger partial charge in [-0.1, -0.05) is 12.1 Å². The summed E-state index contributed by atoms with van der Waals surface area (Å²) < 4.78 is 5.19. The van der Waals surface area contributed by atoms with E-state index in [0.717, 1.165) is 28.9 Å². The highest BCUT2D eigenvalue weighted by Crippen LogP contribution is 2.30. The minimum atomic E-state index is -0.964. The zero-order chi connectivity index (χ0) is 15.0. The van der Waals surface area contributed by atoms with Gasteiger partial charge in [0.15, 0.2) is 0 Å². The minimum absolute atomic E-state index is 0.218. The van der Waals surface area contributed by atoms with Crippen LogP contribution in [0.1, 0.15) is 28.4 Å². The van der Waals surface area contributed by atoms with Crippen molar-refractivity contribution in [3.05, 3.63) is 53.1 Å². The number of aliphatic imine (C=N–C) groups is 1. The lowest BCUT2D eigenvalue weighted by Crippen LogP contribution is -1.98. The molecule has 1 aliphatic rings. The second-order valence-electron chi connectivity index (χ2n) is 5.03. The van der Waals surface area contributed by atoms with Crippen LogP contribution in [0.25, 0.3) is 11.1 Å². The first-order valence-corrected chi connectivity index (χ1v) is 6.65. The average molecular weight is 281 g/mol. The number of fused-ring (bicyclic) bond motifs is 1. The molecule has 0 aliphatic carbocycles.